The Morgan fingerprint density at radius 2 is 2.10 bits per heavy atom. The molecule has 116 valence electrons. The van der Waals surface area contributed by atoms with Crippen LogP contribution in [0.1, 0.15) is 44.0 Å². The molecule has 1 aromatic carbocycles. The van der Waals surface area contributed by atoms with Crippen molar-refractivity contribution in [3.05, 3.63) is 33.9 Å². The van der Waals surface area contributed by atoms with Crippen molar-refractivity contribution in [1.29, 1.82) is 0 Å². The summed E-state index contributed by atoms with van der Waals surface area (Å²) in [4.78, 5) is 22.4. The molecule has 7 nitrogen and oxygen atoms in total. The van der Waals surface area contributed by atoms with Gasteiger partial charge in [-0.15, -0.1) is 0 Å². The van der Waals surface area contributed by atoms with Gasteiger partial charge in [0.1, 0.15) is 5.69 Å². The number of hydrogen-bond donors (Lipinski definition) is 3. The molecule has 0 bridgehead atoms. The molecule has 21 heavy (non-hydrogen) atoms. The summed E-state index contributed by atoms with van der Waals surface area (Å²) >= 11 is 0. The molecule has 0 aromatic heterocycles. The Balaban J connectivity index is 2.81. The predicted molar refractivity (Wildman–Crippen MR) is 81.9 cm³/mol. The quantitative estimate of drug-likeness (QED) is 0.406. The fraction of sp³-hybridized carbons (Fsp3) is 0.500. The zero-order chi connectivity index (χ0) is 16.0. The maximum atomic E-state index is 12.1. The fourth-order valence-electron chi connectivity index (χ4n) is 2.09. The van der Waals surface area contributed by atoms with E-state index in [2.05, 4.69) is 24.6 Å². The van der Waals surface area contributed by atoms with E-state index in [1.165, 1.54) is 18.2 Å². The lowest BCUT2D eigenvalue weighted by molar-refractivity contribution is -0.384. The Morgan fingerprint density at radius 1 is 1.43 bits per heavy atom. The zero-order valence-electron chi connectivity index (χ0n) is 12.6. The van der Waals surface area contributed by atoms with Crippen molar-refractivity contribution >= 4 is 17.3 Å². The highest BCUT2D eigenvalue weighted by Gasteiger charge is 2.17. The molecular formula is C14H22N4O3. The second kappa shape index (κ2) is 7.58. The molecule has 0 fully saturated rings. The van der Waals surface area contributed by atoms with Crippen LogP contribution in [0.5, 0.6) is 0 Å². The first-order chi connectivity index (χ1) is 9.88. The normalized spacial score (nSPS) is 13.3. The van der Waals surface area contributed by atoms with Gasteiger partial charge in [0.25, 0.3) is 11.6 Å². The van der Waals surface area contributed by atoms with Crippen molar-refractivity contribution in [1.82, 2.24) is 5.32 Å². The lowest BCUT2D eigenvalue weighted by Crippen LogP contribution is -2.33. The summed E-state index contributed by atoms with van der Waals surface area (Å²) in [6.45, 7) is 6.18. The van der Waals surface area contributed by atoms with E-state index in [0.29, 0.717) is 11.5 Å². The largest absolute Gasteiger partial charge is 0.350 e. The molecule has 0 aliphatic heterocycles. The number of carbonyl (C=O) groups excluding carboxylic acids is 1. The van der Waals surface area contributed by atoms with Gasteiger partial charge >= 0.3 is 0 Å². The van der Waals surface area contributed by atoms with Gasteiger partial charge in [-0.1, -0.05) is 20.3 Å². The number of nitrogen functional groups attached to an aromatic ring is 1. The molecular weight excluding hydrogens is 272 g/mol. The van der Waals surface area contributed by atoms with E-state index in [1.807, 2.05) is 6.92 Å². The topological polar surface area (TPSA) is 110 Å². The van der Waals surface area contributed by atoms with Gasteiger partial charge in [-0.05, 0) is 31.4 Å². The lowest BCUT2D eigenvalue weighted by Gasteiger charge is -2.17. The fourth-order valence-corrected chi connectivity index (χ4v) is 2.09. The van der Waals surface area contributed by atoms with Crippen molar-refractivity contribution in [3.63, 3.8) is 0 Å². The highest BCUT2D eigenvalue weighted by Crippen LogP contribution is 2.24. The molecule has 0 spiro atoms. The summed E-state index contributed by atoms with van der Waals surface area (Å²) in [5.41, 5.74) is 2.53. The summed E-state index contributed by atoms with van der Waals surface area (Å²) in [6, 6.07) is 4.11. The number of benzene rings is 1. The van der Waals surface area contributed by atoms with Gasteiger partial charge in [-0.25, -0.2) is 0 Å². The SMILES string of the molecule is CCC(C)CC(C)NC(=O)c1ccc([N+](=O)[O-])c(NN)c1. The maximum absolute atomic E-state index is 12.1. The Hall–Kier alpha value is -2.15. The molecule has 0 aliphatic carbocycles. The highest BCUT2D eigenvalue weighted by molar-refractivity contribution is 5.96. The lowest BCUT2D eigenvalue weighted by atomic mass is 10.00. The first-order valence-electron chi connectivity index (χ1n) is 6.94. The molecule has 0 saturated heterocycles. The van der Waals surface area contributed by atoms with Crippen LogP contribution >= 0.6 is 0 Å². The number of anilines is 1. The van der Waals surface area contributed by atoms with Crippen molar-refractivity contribution in [2.24, 2.45) is 11.8 Å². The van der Waals surface area contributed by atoms with Crippen LogP contribution in [-0.2, 0) is 0 Å². The first-order valence-corrected chi connectivity index (χ1v) is 6.94. The summed E-state index contributed by atoms with van der Waals surface area (Å²) < 4.78 is 0. The molecule has 0 aliphatic rings. The summed E-state index contributed by atoms with van der Waals surface area (Å²) in [5.74, 6) is 5.52. The van der Waals surface area contributed by atoms with Crippen molar-refractivity contribution < 1.29 is 9.72 Å². The molecule has 1 amide bonds. The molecule has 0 radical (unpaired) electrons. The Morgan fingerprint density at radius 3 is 2.62 bits per heavy atom. The van der Waals surface area contributed by atoms with Gasteiger partial charge in [-0.3, -0.25) is 20.8 Å². The van der Waals surface area contributed by atoms with Gasteiger partial charge in [-0.2, -0.15) is 0 Å². The van der Waals surface area contributed by atoms with Gasteiger partial charge in [0.15, 0.2) is 0 Å². The van der Waals surface area contributed by atoms with Crippen molar-refractivity contribution in [2.75, 3.05) is 5.43 Å². The minimum absolute atomic E-state index is 0.0388. The average Bonchev–Trinajstić information content (AvgIpc) is 2.45. The average molecular weight is 294 g/mol. The van der Waals surface area contributed by atoms with Crippen LogP contribution in [0, 0.1) is 16.0 Å². The Labute approximate surface area is 124 Å². The molecule has 4 N–H and O–H groups in total. The highest BCUT2D eigenvalue weighted by atomic mass is 16.6. The molecule has 1 aromatic rings. The molecule has 0 heterocycles. The number of nitrogens with two attached hydrogens (primary N) is 1. The monoisotopic (exact) mass is 294 g/mol. The van der Waals surface area contributed by atoms with Gasteiger partial charge in [0, 0.05) is 17.7 Å². The third-order valence-electron chi connectivity index (χ3n) is 3.44. The Kier molecular flexibility index (Phi) is 6.10. The summed E-state index contributed by atoms with van der Waals surface area (Å²) in [7, 11) is 0. The van der Waals surface area contributed by atoms with Crippen LogP contribution in [0.15, 0.2) is 18.2 Å². The van der Waals surface area contributed by atoms with E-state index in [0.717, 1.165) is 12.8 Å². The van der Waals surface area contributed by atoms with Crippen LogP contribution in [0.3, 0.4) is 0 Å². The Bertz CT molecular complexity index is 519. The van der Waals surface area contributed by atoms with Crippen molar-refractivity contribution in [2.45, 2.75) is 39.7 Å². The molecule has 7 heteroatoms. The standard InChI is InChI=1S/C14H22N4O3/c1-4-9(2)7-10(3)16-14(19)11-5-6-13(18(20)21)12(8-11)17-15/h5-6,8-10,17H,4,7,15H2,1-3H3,(H,16,19). The number of nitrogens with zero attached hydrogens (tertiary/aromatic N) is 1. The van der Waals surface area contributed by atoms with Crippen LogP contribution < -0.4 is 16.6 Å². The van der Waals surface area contributed by atoms with E-state index >= 15 is 0 Å². The minimum Gasteiger partial charge on any atom is -0.350 e. The second-order valence-electron chi connectivity index (χ2n) is 5.26. The number of nitro groups is 1. The summed E-state index contributed by atoms with van der Waals surface area (Å²) in [5, 5.41) is 13.7. The smallest absolute Gasteiger partial charge is 0.293 e. The van der Waals surface area contributed by atoms with E-state index in [9.17, 15) is 14.9 Å². The van der Waals surface area contributed by atoms with E-state index < -0.39 is 4.92 Å². The van der Waals surface area contributed by atoms with E-state index in [-0.39, 0.29) is 23.3 Å². The third-order valence-corrected chi connectivity index (χ3v) is 3.44. The number of rotatable bonds is 7. The van der Waals surface area contributed by atoms with Crippen LogP contribution in [0.25, 0.3) is 0 Å². The van der Waals surface area contributed by atoms with Crippen molar-refractivity contribution in [3.8, 4) is 0 Å². The van der Waals surface area contributed by atoms with E-state index in [4.69, 9.17) is 5.84 Å². The molecule has 1 rings (SSSR count). The van der Waals surface area contributed by atoms with Gasteiger partial charge < -0.3 is 10.7 Å². The summed E-state index contributed by atoms with van der Waals surface area (Å²) in [6.07, 6.45) is 1.94. The van der Waals surface area contributed by atoms with Gasteiger partial charge in [0.2, 0.25) is 0 Å². The number of nitrogens with one attached hydrogen (secondary N) is 2. The first kappa shape index (κ1) is 16.9. The second-order valence-corrected chi connectivity index (χ2v) is 5.26. The van der Waals surface area contributed by atoms with Crippen LogP contribution in [-0.4, -0.2) is 16.9 Å². The maximum Gasteiger partial charge on any atom is 0.293 e. The number of nitro benzene ring substituents is 1. The van der Waals surface area contributed by atoms with E-state index in [1.54, 1.807) is 0 Å². The third kappa shape index (κ3) is 4.71. The molecule has 2 unspecified atom stereocenters. The minimum atomic E-state index is -0.553. The number of hydrogen-bond acceptors (Lipinski definition) is 5. The number of amides is 1. The molecule has 2 atom stereocenters. The number of hydrazine groups is 1. The predicted octanol–water partition coefficient (Wildman–Crippen LogP) is 2.43. The van der Waals surface area contributed by atoms with Crippen LogP contribution in [0.2, 0.25) is 0 Å². The number of carbonyl (C=O) groups is 1. The zero-order valence-corrected chi connectivity index (χ0v) is 12.6. The van der Waals surface area contributed by atoms with Gasteiger partial charge in [0.05, 0.1) is 4.92 Å². The van der Waals surface area contributed by atoms with Crippen LogP contribution in [0.4, 0.5) is 11.4 Å². The molecule has 0 saturated carbocycles.